The summed E-state index contributed by atoms with van der Waals surface area (Å²) in [5.74, 6) is 0.752. The first-order valence-electron chi connectivity index (χ1n) is 7.03. The van der Waals surface area contributed by atoms with Gasteiger partial charge in [0.2, 0.25) is 0 Å². The Bertz CT molecular complexity index is 410. The minimum absolute atomic E-state index is 0.0322. The standard InChI is InChI=1S/C15H22F3NO2/c1-3-19-12(2)13-7-4-5-8-14(13)21-10-6-9-20-11-15(16,17)18/h4-5,7-8,12,19H,3,6,9-11H2,1-2H3. The van der Waals surface area contributed by atoms with E-state index in [1.54, 1.807) is 0 Å². The van der Waals surface area contributed by atoms with E-state index >= 15 is 0 Å². The largest absolute Gasteiger partial charge is 0.493 e. The lowest BCUT2D eigenvalue weighted by Gasteiger charge is -2.17. The first kappa shape index (κ1) is 17.8. The Morgan fingerprint density at radius 2 is 1.90 bits per heavy atom. The van der Waals surface area contributed by atoms with E-state index in [0.717, 1.165) is 17.9 Å². The third-order valence-corrected chi connectivity index (χ3v) is 2.85. The molecule has 1 atom stereocenters. The molecule has 6 heteroatoms. The predicted octanol–water partition coefficient (Wildman–Crippen LogP) is 3.70. The second kappa shape index (κ2) is 8.89. The van der Waals surface area contributed by atoms with Crippen molar-refractivity contribution in [3.8, 4) is 5.75 Å². The SMILES string of the molecule is CCNC(C)c1ccccc1OCCCOCC(F)(F)F. The third-order valence-electron chi connectivity index (χ3n) is 2.85. The van der Waals surface area contributed by atoms with E-state index in [-0.39, 0.29) is 12.6 Å². The van der Waals surface area contributed by atoms with Crippen molar-refractivity contribution >= 4 is 0 Å². The number of nitrogens with one attached hydrogen (secondary N) is 1. The minimum atomic E-state index is -4.27. The zero-order valence-corrected chi connectivity index (χ0v) is 12.4. The average Bonchev–Trinajstić information content (AvgIpc) is 2.42. The van der Waals surface area contributed by atoms with E-state index in [2.05, 4.69) is 10.1 Å². The van der Waals surface area contributed by atoms with Gasteiger partial charge in [-0.3, -0.25) is 0 Å². The van der Waals surface area contributed by atoms with Crippen molar-refractivity contribution in [3.63, 3.8) is 0 Å². The molecule has 1 unspecified atom stereocenters. The van der Waals surface area contributed by atoms with Crippen LogP contribution in [0.3, 0.4) is 0 Å². The van der Waals surface area contributed by atoms with Crippen LogP contribution in [0.15, 0.2) is 24.3 Å². The Balaban J connectivity index is 2.35. The second-order valence-corrected chi connectivity index (χ2v) is 4.69. The van der Waals surface area contributed by atoms with Crippen molar-refractivity contribution in [2.45, 2.75) is 32.5 Å². The average molecular weight is 305 g/mol. The first-order chi connectivity index (χ1) is 9.94. The zero-order chi connectivity index (χ0) is 15.7. The van der Waals surface area contributed by atoms with Gasteiger partial charge in [0.25, 0.3) is 0 Å². The lowest BCUT2D eigenvalue weighted by Crippen LogP contribution is -2.19. The summed E-state index contributed by atoms with van der Waals surface area (Å²) in [7, 11) is 0. The molecule has 0 saturated carbocycles. The van der Waals surface area contributed by atoms with Gasteiger partial charge in [-0.05, 0) is 19.5 Å². The molecule has 1 aromatic rings. The lowest BCUT2D eigenvalue weighted by atomic mass is 10.1. The summed E-state index contributed by atoms with van der Waals surface area (Å²) in [4.78, 5) is 0. The van der Waals surface area contributed by atoms with Crippen LogP contribution in [-0.4, -0.2) is 32.5 Å². The molecule has 0 radical (unpaired) electrons. The molecule has 0 aliphatic heterocycles. The van der Waals surface area contributed by atoms with Gasteiger partial charge in [-0.2, -0.15) is 13.2 Å². The van der Waals surface area contributed by atoms with Gasteiger partial charge >= 0.3 is 6.18 Å². The van der Waals surface area contributed by atoms with Crippen LogP contribution in [0.2, 0.25) is 0 Å². The molecule has 3 nitrogen and oxygen atoms in total. The molecule has 0 fully saturated rings. The monoisotopic (exact) mass is 305 g/mol. The van der Waals surface area contributed by atoms with Gasteiger partial charge in [0.15, 0.2) is 0 Å². The lowest BCUT2D eigenvalue weighted by molar-refractivity contribution is -0.174. The number of alkyl halides is 3. The molecule has 0 spiro atoms. The van der Waals surface area contributed by atoms with Gasteiger partial charge in [0.05, 0.1) is 13.2 Å². The smallest absolute Gasteiger partial charge is 0.411 e. The number of halogens is 3. The molecule has 0 aromatic heterocycles. The molecule has 1 rings (SSSR count). The summed E-state index contributed by atoms with van der Waals surface area (Å²) in [6, 6.07) is 7.80. The van der Waals surface area contributed by atoms with Crippen LogP contribution in [0.25, 0.3) is 0 Å². The fraction of sp³-hybridized carbons (Fsp3) is 0.600. The van der Waals surface area contributed by atoms with Crippen LogP contribution in [0.1, 0.15) is 31.9 Å². The quantitative estimate of drug-likeness (QED) is 0.706. The summed E-state index contributed by atoms with van der Waals surface area (Å²) in [5.41, 5.74) is 1.04. The molecule has 1 aromatic carbocycles. The van der Waals surface area contributed by atoms with Gasteiger partial charge in [-0.15, -0.1) is 0 Å². The van der Waals surface area contributed by atoms with Crippen LogP contribution in [0, 0.1) is 0 Å². The number of rotatable bonds is 9. The summed E-state index contributed by atoms with van der Waals surface area (Å²) in [6.07, 6.45) is -3.85. The fourth-order valence-electron chi connectivity index (χ4n) is 1.92. The van der Waals surface area contributed by atoms with Crippen LogP contribution in [0.4, 0.5) is 13.2 Å². The molecule has 21 heavy (non-hydrogen) atoms. The molecule has 0 aliphatic rings. The van der Waals surface area contributed by atoms with E-state index in [1.807, 2.05) is 38.1 Å². The Labute approximate surface area is 123 Å². The van der Waals surface area contributed by atoms with E-state index in [9.17, 15) is 13.2 Å². The van der Waals surface area contributed by atoms with Crippen molar-refractivity contribution in [1.29, 1.82) is 0 Å². The van der Waals surface area contributed by atoms with Crippen LogP contribution < -0.4 is 10.1 Å². The van der Waals surface area contributed by atoms with E-state index in [4.69, 9.17) is 4.74 Å². The van der Waals surface area contributed by atoms with Gasteiger partial charge in [0.1, 0.15) is 12.4 Å². The Morgan fingerprint density at radius 3 is 2.57 bits per heavy atom. The maximum atomic E-state index is 11.9. The maximum Gasteiger partial charge on any atom is 0.411 e. The maximum absolute atomic E-state index is 11.9. The summed E-state index contributed by atoms with van der Waals surface area (Å²) in [6.45, 7) is 4.07. The molecule has 1 N–H and O–H groups in total. The van der Waals surface area contributed by atoms with Crippen LogP contribution in [0.5, 0.6) is 5.75 Å². The molecular formula is C15H22F3NO2. The van der Waals surface area contributed by atoms with Gasteiger partial charge in [-0.25, -0.2) is 0 Å². The summed E-state index contributed by atoms with van der Waals surface area (Å²) < 4.78 is 45.8. The fourth-order valence-corrected chi connectivity index (χ4v) is 1.92. The Kier molecular flexibility index (Phi) is 7.53. The number of hydrogen-bond acceptors (Lipinski definition) is 3. The molecule has 0 amide bonds. The van der Waals surface area contributed by atoms with Crippen molar-refractivity contribution < 1.29 is 22.6 Å². The van der Waals surface area contributed by atoms with E-state index in [0.29, 0.717) is 13.0 Å². The number of hydrogen-bond donors (Lipinski definition) is 1. The highest BCUT2D eigenvalue weighted by Gasteiger charge is 2.27. The molecule has 120 valence electrons. The van der Waals surface area contributed by atoms with Gasteiger partial charge in [0, 0.05) is 18.0 Å². The number of benzene rings is 1. The topological polar surface area (TPSA) is 30.5 Å². The second-order valence-electron chi connectivity index (χ2n) is 4.69. The molecular weight excluding hydrogens is 283 g/mol. The Hall–Kier alpha value is -1.27. The number of para-hydroxylation sites is 1. The summed E-state index contributed by atoms with van der Waals surface area (Å²) in [5, 5.41) is 3.30. The minimum Gasteiger partial charge on any atom is -0.493 e. The van der Waals surface area contributed by atoms with E-state index in [1.165, 1.54) is 0 Å². The molecule has 0 heterocycles. The van der Waals surface area contributed by atoms with Gasteiger partial charge in [-0.1, -0.05) is 25.1 Å². The van der Waals surface area contributed by atoms with Crippen LogP contribution in [-0.2, 0) is 4.74 Å². The number of ether oxygens (including phenoxy) is 2. The normalized spacial score (nSPS) is 13.2. The Morgan fingerprint density at radius 1 is 1.19 bits per heavy atom. The zero-order valence-electron chi connectivity index (χ0n) is 12.4. The van der Waals surface area contributed by atoms with Crippen molar-refractivity contribution in [2.24, 2.45) is 0 Å². The molecule has 0 bridgehead atoms. The first-order valence-corrected chi connectivity index (χ1v) is 7.03. The van der Waals surface area contributed by atoms with E-state index < -0.39 is 12.8 Å². The molecule has 0 saturated heterocycles. The highest BCUT2D eigenvalue weighted by Crippen LogP contribution is 2.24. The van der Waals surface area contributed by atoms with Crippen molar-refractivity contribution in [1.82, 2.24) is 5.32 Å². The van der Waals surface area contributed by atoms with Crippen molar-refractivity contribution in [3.05, 3.63) is 29.8 Å². The predicted molar refractivity (Wildman–Crippen MR) is 75.5 cm³/mol. The van der Waals surface area contributed by atoms with Gasteiger partial charge < -0.3 is 14.8 Å². The highest BCUT2D eigenvalue weighted by atomic mass is 19.4. The van der Waals surface area contributed by atoms with Crippen LogP contribution >= 0.6 is 0 Å². The van der Waals surface area contributed by atoms with Crippen molar-refractivity contribution in [2.75, 3.05) is 26.4 Å². The summed E-state index contributed by atoms with van der Waals surface area (Å²) >= 11 is 0. The molecule has 0 aliphatic carbocycles. The highest BCUT2D eigenvalue weighted by molar-refractivity contribution is 5.35. The third kappa shape index (κ3) is 7.34.